The van der Waals surface area contributed by atoms with Crippen LogP contribution in [0.3, 0.4) is 0 Å². The van der Waals surface area contributed by atoms with E-state index in [-0.39, 0.29) is 30.3 Å². The number of anilines is 1. The van der Waals surface area contributed by atoms with E-state index in [0.29, 0.717) is 18.7 Å². The van der Waals surface area contributed by atoms with E-state index in [9.17, 15) is 9.18 Å². The van der Waals surface area contributed by atoms with E-state index in [2.05, 4.69) is 20.2 Å². The molecule has 1 aromatic carbocycles. The molecule has 7 heteroatoms. The Bertz CT molecular complexity index is 756. The summed E-state index contributed by atoms with van der Waals surface area (Å²) in [7, 11) is 1.68. The van der Waals surface area contributed by atoms with Crippen molar-refractivity contribution in [2.75, 3.05) is 25.1 Å². The van der Waals surface area contributed by atoms with E-state index >= 15 is 0 Å². The highest BCUT2D eigenvalue weighted by atomic mass is 19.1. The fraction of sp³-hybridized carbons (Fsp3) is 0.421. The van der Waals surface area contributed by atoms with Crippen molar-refractivity contribution in [3.63, 3.8) is 0 Å². The second kappa shape index (κ2) is 8.23. The van der Waals surface area contributed by atoms with Crippen LogP contribution in [0.15, 0.2) is 36.8 Å². The summed E-state index contributed by atoms with van der Waals surface area (Å²) in [4.78, 5) is 22.6. The van der Waals surface area contributed by atoms with Gasteiger partial charge in [-0.25, -0.2) is 14.4 Å². The molecule has 1 aromatic heterocycles. The lowest BCUT2D eigenvalue weighted by atomic mass is 10.1. The minimum absolute atomic E-state index is 0.0292. The molecule has 1 N–H and O–H groups in total. The molecule has 138 valence electrons. The highest BCUT2D eigenvalue weighted by molar-refractivity contribution is 5.78. The average molecular weight is 358 g/mol. The molecule has 0 saturated carbocycles. The Morgan fingerprint density at radius 1 is 1.42 bits per heavy atom. The van der Waals surface area contributed by atoms with Crippen molar-refractivity contribution in [2.24, 2.45) is 0 Å². The number of amides is 1. The van der Waals surface area contributed by atoms with Gasteiger partial charge in [0.1, 0.15) is 18.0 Å². The summed E-state index contributed by atoms with van der Waals surface area (Å²) in [6, 6.07) is 6.71. The third-order valence-corrected chi connectivity index (χ3v) is 4.66. The number of nitrogens with zero attached hydrogens (tertiary/aromatic N) is 3. The molecule has 0 bridgehead atoms. The van der Waals surface area contributed by atoms with E-state index in [1.54, 1.807) is 25.4 Å². The Hall–Kier alpha value is -2.54. The standard InChI is InChI=1S/C19H23FN4O2/c1-13-3-4-17(20)14(7-13)8-19(25)22-10-15-9-16(26-2)11-24(15)18-5-6-21-12-23-18/h3-7,12,15-16H,8-11H2,1-2H3,(H,22,25)/t15-,16-/m1/s1. The number of aromatic nitrogens is 2. The first-order chi connectivity index (χ1) is 12.6. The van der Waals surface area contributed by atoms with Gasteiger partial charge in [0.2, 0.25) is 5.91 Å². The van der Waals surface area contributed by atoms with Gasteiger partial charge >= 0.3 is 0 Å². The summed E-state index contributed by atoms with van der Waals surface area (Å²) in [6.45, 7) is 3.04. The van der Waals surface area contributed by atoms with Gasteiger partial charge in [-0.3, -0.25) is 4.79 Å². The number of ether oxygens (including phenoxy) is 1. The van der Waals surface area contributed by atoms with Crippen LogP contribution in [0.25, 0.3) is 0 Å². The minimum atomic E-state index is -0.353. The predicted octanol–water partition coefficient (Wildman–Crippen LogP) is 1.88. The molecule has 26 heavy (non-hydrogen) atoms. The lowest BCUT2D eigenvalue weighted by Gasteiger charge is -2.25. The second-order valence-corrected chi connectivity index (χ2v) is 6.54. The Morgan fingerprint density at radius 2 is 2.27 bits per heavy atom. The highest BCUT2D eigenvalue weighted by Crippen LogP contribution is 2.24. The molecule has 0 spiro atoms. The Balaban J connectivity index is 1.61. The van der Waals surface area contributed by atoms with Crippen LogP contribution in [0.1, 0.15) is 17.5 Å². The van der Waals surface area contributed by atoms with Gasteiger partial charge in [-0.2, -0.15) is 0 Å². The number of nitrogens with one attached hydrogen (secondary N) is 1. The maximum atomic E-state index is 13.8. The summed E-state index contributed by atoms with van der Waals surface area (Å²) in [5, 5.41) is 2.92. The van der Waals surface area contributed by atoms with Crippen LogP contribution in [0.4, 0.5) is 10.2 Å². The van der Waals surface area contributed by atoms with Crippen molar-refractivity contribution in [2.45, 2.75) is 31.9 Å². The van der Waals surface area contributed by atoms with Gasteiger partial charge in [0.15, 0.2) is 0 Å². The van der Waals surface area contributed by atoms with Crippen LogP contribution < -0.4 is 10.2 Å². The first-order valence-corrected chi connectivity index (χ1v) is 8.64. The minimum Gasteiger partial charge on any atom is -0.380 e. The topological polar surface area (TPSA) is 67.3 Å². The number of rotatable bonds is 6. The number of carbonyl (C=O) groups excluding carboxylic acids is 1. The van der Waals surface area contributed by atoms with Crippen LogP contribution in [-0.4, -0.2) is 48.2 Å². The summed E-state index contributed by atoms with van der Waals surface area (Å²) < 4.78 is 19.3. The Labute approximate surface area is 152 Å². The van der Waals surface area contributed by atoms with Gasteiger partial charge in [0.25, 0.3) is 0 Å². The first-order valence-electron chi connectivity index (χ1n) is 8.64. The molecule has 0 aliphatic carbocycles. The van der Waals surface area contributed by atoms with Gasteiger partial charge in [0, 0.05) is 26.4 Å². The van der Waals surface area contributed by atoms with Gasteiger partial charge < -0.3 is 15.0 Å². The summed E-state index contributed by atoms with van der Waals surface area (Å²) in [6.07, 6.45) is 4.10. The summed E-state index contributed by atoms with van der Waals surface area (Å²) in [5.74, 6) is 0.259. The normalized spacial score (nSPS) is 19.6. The van der Waals surface area contributed by atoms with E-state index in [0.717, 1.165) is 17.8 Å². The smallest absolute Gasteiger partial charge is 0.224 e. The first kappa shape index (κ1) is 18.3. The number of benzene rings is 1. The number of aryl methyl sites for hydroxylation is 1. The molecule has 2 heterocycles. The van der Waals surface area contributed by atoms with Crippen molar-refractivity contribution in [3.8, 4) is 0 Å². The van der Waals surface area contributed by atoms with Crippen molar-refractivity contribution >= 4 is 11.7 Å². The van der Waals surface area contributed by atoms with E-state index in [1.807, 2.05) is 13.0 Å². The number of carbonyl (C=O) groups is 1. The highest BCUT2D eigenvalue weighted by Gasteiger charge is 2.33. The van der Waals surface area contributed by atoms with Crippen molar-refractivity contribution in [1.82, 2.24) is 15.3 Å². The Morgan fingerprint density at radius 3 is 3.00 bits per heavy atom. The number of halogens is 1. The zero-order chi connectivity index (χ0) is 18.5. The molecule has 0 radical (unpaired) electrons. The molecule has 6 nitrogen and oxygen atoms in total. The van der Waals surface area contributed by atoms with E-state index in [1.165, 1.54) is 12.4 Å². The molecule has 2 atom stereocenters. The zero-order valence-corrected chi connectivity index (χ0v) is 15.0. The number of methoxy groups -OCH3 is 1. The molecule has 1 aliphatic rings. The van der Waals surface area contributed by atoms with Crippen molar-refractivity contribution in [1.29, 1.82) is 0 Å². The van der Waals surface area contributed by atoms with Gasteiger partial charge in [-0.15, -0.1) is 0 Å². The van der Waals surface area contributed by atoms with E-state index in [4.69, 9.17) is 4.74 Å². The Kier molecular flexibility index (Phi) is 5.78. The monoisotopic (exact) mass is 358 g/mol. The fourth-order valence-corrected chi connectivity index (χ4v) is 3.28. The second-order valence-electron chi connectivity index (χ2n) is 6.54. The average Bonchev–Trinajstić information content (AvgIpc) is 3.07. The molecule has 2 aromatic rings. The quantitative estimate of drug-likeness (QED) is 0.854. The molecule has 3 rings (SSSR count). The van der Waals surface area contributed by atoms with Gasteiger partial charge in [0.05, 0.1) is 18.6 Å². The van der Waals surface area contributed by atoms with Crippen molar-refractivity contribution in [3.05, 3.63) is 53.7 Å². The third kappa shape index (κ3) is 4.35. The summed E-state index contributed by atoms with van der Waals surface area (Å²) in [5.41, 5.74) is 1.35. The SMILES string of the molecule is CO[C@@H]1C[C@H](CNC(=O)Cc2cc(C)ccc2F)N(c2ccncn2)C1. The van der Waals surface area contributed by atoms with Crippen LogP contribution in [0.5, 0.6) is 0 Å². The van der Waals surface area contributed by atoms with Crippen LogP contribution in [0, 0.1) is 12.7 Å². The maximum Gasteiger partial charge on any atom is 0.224 e. The molecule has 1 amide bonds. The molecule has 1 fully saturated rings. The summed E-state index contributed by atoms with van der Waals surface area (Å²) >= 11 is 0. The zero-order valence-electron chi connectivity index (χ0n) is 15.0. The molecular weight excluding hydrogens is 335 g/mol. The molecule has 0 unspecified atom stereocenters. The fourth-order valence-electron chi connectivity index (χ4n) is 3.28. The third-order valence-electron chi connectivity index (χ3n) is 4.66. The predicted molar refractivity (Wildman–Crippen MR) is 96.4 cm³/mol. The van der Waals surface area contributed by atoms with Crippen LogP contribution in [0.2, 0.25) is 0 Å². The largest absolute Gasteiger partial charge is 0.380 e. The van der Waals surface area contributed by atoms with Crippen LogP contribution in [-0.2, 0) is 16.0 Å². The lowest BCUT2D eigenvalue weighted by molar-refractivity contribution is -0.120. The van der Waals surface area contributed by atoms with E-state index < -0.39 is 0 Å². The van der Waals surface area contributed by atoms with Gasteiger partial charge in [-0.05, 0) is 31.0 Å². The maximum absolute atomic E-state index is 13.8. The van der Waals surface area contributed by atoms with Gasteiger partial charge in [-0.1, -0.05) is 17.7 Å². The van der Waals surface area contributed by atoms with Crippen LogP contribution >= 0.6 is 0 Å². The molecule has 1 aliphatic heterocycles. The number of hydrogen-bond acceptors (Lipinski definition) is 5. The van der Waals surface area contributed by atoms with Crippen molar-refractivity contribution < 1.29 is 13.9 Å². The lowest BCUT2D eigenvalue weighted by Crippen LogP contribution is -2.41. The molecule has 1 saturated heterocycles. The number of hydrogen-bond donors (Lipinski definition) is 1. The molecular formula is C19H23FN4O2.